The number of non-ortho nitro benzene ring substituents is 1. The van der Waals surface area contributed by atoms with Gasteiger partial charge in [0.15, 0.2) is 0 Å². The molecule has 1 amide bonds. The van der Waals surface area contributed by atoms with Crippen molar-refractivity contribution in [2.75, 3.05) is 6.54 Å². The predicted molar refractivity (Wildman–Crippen MR) is 67.8 cm³/mol. The summed E-state index contributed by atoms with van der Waals surface area (Å²) >= 11 is 0. The lowest BCUT2D eigenvalue weighted by Gasteiger charge is -2.12. The van der Waals surface area contributed by atoms with Crippen LogP contribution in [0.5, 0.6) is 0 Å². The highest BCUT2D eigenvalue weighted by Crippen LogP contribution is 2.13. The van der Waals surface area contributed by atoms with E-state index in [-0.39, 0.29) is 24.1 Å². The average Bonchev–Trinajstić information content (AvgIpc) is 2.38. The van der Waals surface area contributed by atoms with E-state index in [4.69, 9.17) is 5.73 Å². The Labute approximate surface area is 105 Å². The average molecular weight is 251 g/mol. The monoisotopic (exact) mass is 251 g/mol. The molecule has 18 heavy (non-hydrogen) atoms. The zero-order valence-corrected chi connectivity index (χ0v) is 10.3. The molecule has 3 N–H and O–H groups in total. The summed E-state index contributed by atoms with van der Waals surface area (Å²) in [4.78, 5) is 21.8. The van der Waals surface area contributed by atoms with Crippen LogP contribution in [0.3, 0.4) is 0 Å². The van der Waals surface area contributed by atoms with Crippen LogP contribution in [-0.2, 0) is 11.3 Å². The lowest BCUT2D eigenvalue weighted by Crippen LogP contribution is -2.34. The van der Waals surface area contributed by atoms with Crippen LogP contribution < -0.4 is 11.1 Å². The smallest absolute Gasteiger partial charge is 0.269 e. The van der Waals surface area contributed by atoms with Gasteiger partial charge in [0.25, 0.3) is 5.69 Å². The summed E-state index contributed by atoms with van der Waals surface area (Å²) in [6.07, 6.45) is 0.678. The Morgan fingerprint density at radius 3 is 2.83 bits per heavy atom. The number of nitrogens with zero attached hydrogens (tertiary/aromatic N) is 1. The molecule has 0 radical (unpaired) electrons. The summed E-state index contributed by atoms with van der Waals surface area (Å²) in [5, 5.41) is 13.3. The molecule has 0 heterocycles. The third-order valence-electron chi connectivity index (χ3n) is 2.74. The van der Waals surface area contributed by atoms with Crippen molar-refractivity contribution in [3.63, 3.8) is 0 Å². The van der Waals surface area contributed by atoms with E-state index >= 15 is 0 Å². The number of nitrogens with one attached hydrogen (secondary N) is 1. The zero-order chi connectivity index (χ0) is 13.5. The molecular formula is C12H17N3O3. The second kappa shape index (κ2) is 6.70. The summed E-state index contributed by atoms with van der Waals surface area (Å²) in [6.45, 7) is 2.47. The molecule has 0 aliphatic rings. The number of hydrogen-bond donors (Lipinski definition) is 2. The Morgan fingerprint density at radius 1 is 1.56 bits per heavy atom. The van der Waals surface area contributed by atoms with Crippen molar-refractivity contribution in [2.45, 2.75) is 19.9 Å². The standard InChI is InChI=1S/C12H17N3O3/c1-2-10(7-13)12(16)14-8-9-4-3-5-11(6-9)15(17)18/h3-6,10H,2,7-8,13H2,1H3,(H,14,16). The van der Waals surface area contributed by atoms with Crippen molar-refractivity contribution in [1.82, 2.24) is 5.32 Å². The fourth-order valence-corrected chi connectivity index (χ4v) is 1.57. The van der Waals surface area contributed by atoms with Crippen LogP contribution in [0.1, 0.15) is 18.9 Å². The van der Waals surface area contributed by atoms with Crippen LogP contribution in [0.2, 0.25) is 0 Å². The summed E-state index contributed by atoms with van der Waals surface area (Å²) in [6, 6.07) is 6.19. The van der Waals surface area contributed by atoms with Crippen LogP contribution >= 0.6 is 0 Å². The fraction of sp³-hybridized carbons (Fsp3) is 0.417. The maximum absolute atomic E-state index is 11.7. The number of carbonyl (C=O) groups is 1. The first-order valence-corrected chi connectivity index (χ1v) is 5.79. The molecule has 6 heteroatoms. The molecule has 0 aliphatic heterocycles. The van der Waals surface area contributed by atoms with Gasteiger partial charge < -0.3 is 11.1 Å². The third-order valence-corrected chi connectivity index (χ3v) is 2.74. The van der Waals surface area contributed by atoms with Gasteiger partial charge in [-0.15, -0.1) is 0 Å². The molecule has 0 saturated heterocycles. The minimum Gasteiger partial charge on any atom is -0.352 e. The Hall–Kier alpha value is -1.95. The van der Waals surface area contributed by atoms with Gasteiger partial charge >= 0.3 is 0 Å². The van der Waals surface area contributed by atoms with E-state index in [1.807, 2.05) is 6.92 Å². The van der Waals surface area contributed by atoms with Crippen molar-refractivity contribution in [2.24, 2.45) is 11.7 Å². The van der Waals surface area contributed by atoms with Crippen molar-refractivity contribution in [3.05, 3.63) is 39.9 Å². The van der Waals surface area contributed by atoms with Crippen LogP contribution in [0, 0.1) is 16.0 Å². The SMILES string of the molecule is CCC(CN)C(=O)NCc1cccc([N+](=O)[O-])c1. The maximum Gasteiger partial charge on any atom is 0.269 e. The van der Waals surface area contributed by atoms with Crippen LogP contribution in [0.4, 0.5) is 5.69 Å². The highest BCUT2D eigenvalue weighted by Gasteiger charge is 2.14. The third kappa shape index (κ3) is 3.81. The van der Waals surface area contributed by atoms with Gasteiger partial charge in [0.2, 0.25) is 5.91 Å². The number of amides is 1. The molecule has 98 valence electrons. The lowest BCUT2D eigenvalue weighted by atomic mass is 10.1. The molecule has 1 rings (SSSR count). The summed E-state index contributed by atoms with van der Waals surface area (Å²) in [7, 11) is 0. The second-order valence-corrected chi connectivity index (χ2v) is 3.99. The number of nitrogens with two attached hydrogens (primary N) is 1. The molecule has 1 aromatic rings. The van der Waals surface area contributed by atoms with Crippen molar-refractivity contribution in [1.29, 1.82) is 0 Å². The van der Waals surface area contributed by atoms with Crippen molar-refractivity contribution < 1.29 is 9.72 Å². The highest BCUT2D eigenvalue weighted by atomic mass is 16.6. The normalized spacial score (nSPS) is 11.9. The first-order chi connectivity index (χ1) is 8.58. The molecule has 6 nitrogen and oxygen atoms in total. The lowest BCUT2D eigenvalue weighted by molar-refractivity contribution is -0.384. The molecule has 0 fully saturated rings. The van der Waals surface area contributed by atoms with Crippen molar-refractivity contribution in [3.8, 4) is 0 Å². The summed E-state index contributed by atoms with van der Waals surface area (Å²) in [5.41, 5.74) is 6.19. The number of carbonyl (C=O) groups excluding carboxylic acids is 1. The van der Waals surface area contributed by atoms with Gasteiger partial charge in [0, 0.05) is 31.1 Å². The van der Waals surface area contributed by atoms with E-state index in [0.717, 1.165) is 0 Å². The van der Waals surface area contributed by atoms with Crippen LogP contribution in [0.25, 0.3) is 0 Å². The summed E-state index contributed by atoms with van der Waals surface area (Å²) in [5.74, 6) is -0.324. The van der Waals surface area contributed by atoms with E-state index < -0.39 is 4.92 Å². The van der Waals surface area contributed by atoms with E-state index in [9.17, 15) is 14.9 Å². The minimum atomic E-state index is -0.458. The Morgan fingerprint density at radius 2 is 2.28 bits per heavy atom. The minimum absolute atomic E-state index is 0.0209. The number of nitro benzene ring substituents is 1. The molecular weight excluding hydrogens is 234 g/mol. The first kappa shape index (κ1) is 14.1. The molecule has 1 aromatic carbocycles. The van der Waals surface area contributed by atoms with E-state index in [0.29, 0.717) is 18.5 Å². The molecule has 0 saturated carbocycles. The fourth-order valence-electron chi connectivity index (χ4n) is 1.57. The zero-order valence-electron chi connectivity index (χ0n) is 10.3. The maximum atomic E-state index is 11.7. The Balaban J connectivity index is 2.61. The van der Waals surface area contributed by atoms with Crippen LogP contribution in [-0.4, -0.2) is 17.4 Å². The molecule has 1 unspecified atom stereocenters. The highest BCUT2D eigenvalue weighted by molar-refractivity contribution is 5.78. The topological polar surface area (TPSA) is 98.3 Å². The van der Waals surface area contributed by atoms with Gasteiger partial charge in [0.05, 0.1) is 4.92 Å². The van der Waals surface area contributed by atoms with Gasteiger partial charge in [-0.2, -0.15) is 0 Å². The number of rotatable bonds is 6. The number of hydrogen-bond acceptors (Lipinski definition) is 4. The van der Waals surface area contributed by atoms with E-state index in [1.165, 1.54) is 12.1 Å². The second-order valence-electron chi connectivity index (χ2n) is 3.99. The first-order valence-electron chi connectivity index (χ1n) is 5.79. The summed E-state index contributed by atoms with van der Waals surface area (Å²) < 4.78 is 0. The van der Waals surface area contributed by atoms with Crippen LogP contribution in [0.15, 0.2) is 24.3 Å². The van der Waals surface area contributed by atoms with E-state index in [1.54, 1.807) is 12.1 Å². The molecule has 0 aromatic heterocycles. The largest absolute Gasteiger partial charge is 0.352 e. The molecule has 0 spiro atoms. The Kier molecular flexibility index (Phi) is 5.26. The van der Waals surface area contributed by atoms with Gasteiger partial charge in [-0.25, -0.2) is 0 Å². The molecule has 0 aliphatic carbocycles. The van der Waals surface area contributed by atoms with Gasteiger partial charge in [-0.1, -0.05) is 19.1 Å². The molecule has 1 atom stereocenters. The number of nitro groups is 1. The van der Waals surface area contributed by atoms with Gasteiger partial charge in [0.1, 0.15) is 0 Å². The van der Waals surface area contributed by atoms with Gasteiger partial charge in [-0.05, 0) is 12.0 Å². The quantitative estimate of drug-likeness (QED) is 0.586. The van der Waals surface area contributed by atoms with E-state index in [2.05, 4.69) is 5.32 Å². The number of benzene rings is 1. The predicted octanol–water partition coefficient (Wildman–Crippen LogP) is 1.20. The van der Waals surface area contributed by atoms with Gasteiger partial charge in [-0.3, -0.25) is 14.9 Å². The van der Waals surface area contributed by atoms with Crippen molar-refractivity contribution >= 4 is 11.6 Å². The molecule has 0 bridgehead atoms. The Bertz CT molecular complexity index is 430.